The van der Waals surface area contributed by atoms with Crippen molar-refractivity contribution in [1.29, 1.82) is 0 Å². The van der Waals surface area contributed by atoms with Crippen LogP contribution in [0.2, 0.25) is 0 Å². The minimum absolute atomic E-state index is 0.0800. The van der Waals surface area contributed by atoms with Crippen molar-refractivity contribution in [3.63, 3.8) is 0 Å². The van der Waals surface area contributed by atoms with Crippen molar-refractivity contribution >= 4 is 39.2 Å². The van der Waals surface area contributed by atoms with Gasteiger partial charge in [0.25, 0.3) is 0 Å². The minimum Gasteiger partial charge on any atom is -0.336 e. The summed E-state index contributed by atoms with van der Waals surface area (Å²) in [5.41, 5.74) is 1.02. The van der Waals surface area contributed by atoms with E-state index in [0.29, 0.717) is 12.1 Å². The molecule has 1 fully saturated rings. The molecule has 1 amide bonds. The van der Waals surface area contributed by atoms with Gasteiger partial charge in [0.2, 0.25) is 5.91 Å². The number of carbonyl (C=O) groups is 1. The molecule has 0 N–H and O–H groups in total. The normalized spacial score (nSPS) is 23.7. The van der Waals surface area contributed by atoms with Gasteiger partial charge >= 0.3 is 0 Å². The van der Waals surface area contributed by atoms with Crippen molar-refractivity contribution in [3.8, 4) is 0 Å². The smallest absolute Gasteiger partial charge is 0.236 e. The van der Waals surface area contributed by atoms with Crippen LogP contribution < -0.4 is 0 Å². The number of piperidine rings is 1. The van der Waals surface area contributed by atoms with Gasteiger partial charge in [-0.15, -0.1) is 11.3 Å². The summed E-state index contributed by atoms with van der Waals surface area (Å²) in [6.45, 7) is 6.35. The van der Waals surface area contributed by atoms with Crippen LogP contribution in [-0.2, 0) is 4.79 Å². The Kier molecular flexibility index (Phi) is 4.73. The lowest BCUT2D eigenvalue weighted by Crippen LogP contribution is -2.50. The first-order chi connectivity index (χ1) is 10.6. The van der Waals surface area contributed by atoms with Crippen LogP contribution in [0.25, 0.3) is 10.2 Å². The molecule has 1 aromatic carbocycles. The quantitative estimate of drug-likeness (QED) is 0.771. The predicted molar refractivity (Wildman–Crippen MR) is 94.6 cm³/mol. The van der Waals surface area contributed by atoms with Gasteiger partial charge in [0.15, 0.2) is 4.34 Å². The molecule has 2 heterocycles. The molecule has 1 aromatic heterocycles. The highest BCUT2D eigenvalue weighted by atomic mass is 32.2. The van der Waals surface area contributed by atoms with E-state index >= 15 is 0 Å². The standard InChI is InChI=1S/C17H22N2OS2/c1-11-7-6-8-12(2)19(11)16(20)13(3)21-17-18-14-9-4-5-10-15(14)22-17/h4-5,9-13H,6-8H2,1-3H3/t11-,12-,13+/m0/s1. The second-order valence-corrected chi connectivity index (χ2v) is 8.70. The average Bonchev–Trinajstić information content (AvgIpc) is 2.89. The highest BCUT2D eigenvalue weighted by molar-refractivity contribution is 8.02. The van der Waals surface area contributed by atoms with Gasteiger partial charge in [-0.05, 0) is 52.2 Å². The van der Waals surface area contributed by atoms with Crippen molar-refractivity contribution < 1.29 is 4.79 Å². The summed E-state index contributed by atoms with van der Waals surface area (Å²) in [4.78, 5) is 19.5. The Morgan fingerprint density at radius 2 is 2.00 bits per heavy atom. The Labute approximate surface area is 140 Å². The lowest BCUT2D eigenvalue weighted by atomic mass is 9.97. The highest BCUT2D eigenvalue weighted by Crippen LogP contribution is 2.34. The second kappa shape index (κ2) is 6.59. The average molecular weight is 335 g/mol. The van der Waals surface area contributed by atoms with E-state index in [1.54, 1.807) is 23.1 Å². The molecule has 5 heteroatoms. The van der Waals surface area contributed by atoms with Gasteiger partial charge in [-0.1, -0.05) is 23.9 Å². The maximum Gasteiger partial charge on any atom is 0.236 e. The number of carbonyl (C=O) groups excluding carboxylic acids is 1. The molecule has 0 unspecified atom stereocenters. The summed E-state index contributed by atoms with van der Waals surface area (Å²) in [5.74, 6) is 0.254. The Morgan fingerprint density at radius 1 is 1.32 bits per heavy atom. The number of nitrogens with zero attached hydrogens (tertiary/aromatic N) is 2. The van der Waals surface area contributed by atoms with Crippen LogP contribution in [0, 0.1) is 0 Å². The molecule has 1 saturated heterocycles. The molecular formula is C17H22N2OS2. The zero-order valence-corrected chi connectivity index (χ0v) is 14.9. The molecule has 2 aromatic rings. The number of para-hydroxylation sites is 1. The minimum atomic E-state index is -0.0800. The van der Waals surface area contributed by atoms with Crippen LogP contribution >= 0.6 is 23.1 Å². The number of aromatic nitrogens is 1. The number of likely N-dealkylation sites (tertiary alicyclic amines) is 1. The van der Waals surface area contributed by atoms with E-state index in [2.05, 4.69) is 29.8 Å². The molecule has 0 radical (unpaired) electrons. The van der Waals surface area contributed by atoms with Gasteiger partial charge in [-0.2, -0.15) is 0 Å². The van der Waals surface area contributed by atoms with Crippen molar-refractivity contribution in [2.24, 2.45) is 0 Å². The third-order valence-electron chi connectivity index (χ3n) is 4.35. The number of thioether (sulfide) groups is 1. The fraction of sp³-hybridized carbons (Fsp3) is 0.529. The van der Waals surface area contributed by atoms with Crippen LogP contribution in [0.4, 0.5) is 0 Å². The number of fused-ring (bicyclic) bond motifs is 1. The fourth-order valence-corrected chi connectivity index (χ4v) is 5.44. The van der Waals surface area contributed by atoms with E-state index in [1.165, 1.54) is 11.1 Å². The molecule has 3 atom stereocenters. The summed E-state index contributed by atoms with van der Waals surface area (Å²) in [7, 11) is 0. The second-order valence-electron chi connectivity index (χ2n) is 6.08. The predicted octanol–water partition coefficient (Wildman–Crippen LogP) is 4.57. The molecule has 0 bridgehead atoms. The molecule has 118 valence electrons. The Bertz CT molecular complexity index is 626. The topological polar surface area (TPSA) is 33.2 Å². The maximum absolute atomic E-state index is 12.8. The van der Waals surface area contributed by atoms with Gasteiger partial charge in [-0.25, -0.2) is 4.98 Å². The SMILES string of the molecule is C[C@@H](Sc1nc2ccccc2s1)C(=O)N1[C@@H](C)CCC[C@@H]1C. The van der Waals surface area contributed by atoms with E-state index in [-0.39, 0.29) is 11.2 Å². The summed E-state index contributed by atoms with van der Waals surface area (Å²) in [5, 5.41) is -0.0800. The number of hydrogen-bond donors (Lipinski definition) is 0. The molecule has 3 nitrogen and oxygen atoms in total. The van der Waals surface area contributed by atoms with Crippen LogP contribution in [0.15, 0.2) is 28.6 Å². The van der Waals surface area contributed by atoms with E-state index in [4.69, 9.17) is 0 Å². The number of amides is 1. The molecule has 0 saturated carbocycles. The van der Waals surface area contributed by atoms with E-state index < -0.39 is 0 Å². The number of hydrogen-bond acceptors (Lipinski definition) is 4. The zero-order chi connectivity index (χ0) is 15.7. The fourth-order valence-electron chi connectivity index (χ4n) is 3.17. The van der Waals surface area contributed by atoms with Crippen LogP contribution in [0.3, 0.4) is 0 Å². The molecule has 1 aliphatic rings. The van der Waals surface area contributed by atoms with Gasteiger partial charge in [0, 0.05) is 12.1 Å². The molecule has 0 aliphatic carbocycles. The molecule has 22 heavy (non-hydrogen) atoms. The lowest BCUT2D eigenvalue weighted by molar-refractivity contribution is -0.136. The first-order valence-corrected chi connectivity index (χ1v) is 9.60. The highest BCUT2D eigenvalue weighted by Gasteiger charge is 2.32. The van der Waals surface area contributed by atoms with Crippen LogP contribution in [0.5, 0.6) is 0 Å². The Morgan fingerprint density at radius 3 is 2.68 bits per heavy atom. The first kappa shape index (κ1) is 15.8. The Balaban J connectivity index is 1.72. The summed E-state index contributed by atoms with van der Waals surface area (Å²) in [6, 6.07) is 8.85. The monoisotopic (exact) mass is 334 g/mol. The summed E-state index contributed by atoms with van der Waals surface area (Å²) in [6.07, 6.45) is 3.47. The van der Waals surface area contributed by atoms with E-state index in [9.17, 15) is 4.79 Å². The molecule has 0 spiro atoms. The molecular weight excluding hydrogens is 312 g/mol. The molecule has 3 rings (SSSR count). The van der Waals surface area contributed by atoms with E-state index in [1.807, 2.05) is 25.1 Å². The van der Waals surface area contributed by atoms with Gasteiger partial charge in [0.05, 0.1) is 15.5 Å². The van der Waals surface area contributed by atoms with Crippen molar-refractivity contribution in [3.05, 3.63) is 24.3 Å². The zero-order valence-electron chi connectivity index (χ0n) is 13.3. The third kappa shape index (κ3) is 3.15. The number of benzene rings is 1. The molecule has 1 aliphatic heterocycles. The van der Waals surface area contributed by atoms with E-state index in [0.717, 1.165) is 22.7 Å². The lowest BCUT2D eigenvalue weighted by Gasteiger charge is -2.40. The van der Waals surface area contributed by atoms with Crippen molar-refractivity contribution in [2.75, 3.05) is 0 Å². The van der Waals surface area contributed by atoms with Crippen LogP contribution in [-0.4, -0.2) is 33.1 Å². The van der Waals surface area contributed by atoms with Crippen molar-refractivity contribution in [2.45, 2.75) is 61.7 Å². The largest absolute Gasteiger partial charge is 0.336 e. The van der Waals surface area contributed by atoms with Gasteiger partial charge in [-0.3, -0.25) is 4.79 Å². The summed E-state index contributed by atoms with van der Waals surface area (Å²) >= 11 is 3.26. The Hall–Kier alpha value is -1.07. The van der Waals surface area contributed by atoms with Crippen molar-refractivity contribution in [1.82, 2.24) is 9.88 Å². The van der Waals surface area contributed by atoms with Crippen LogP contribution in [0.1, 0.15) is 40.0 Å². The summed E-state index contributed by atoms with van der Waals surface area (Å²) < 4.78 is 2.17. The van der Waals surface area contributed by atoms with Gasteiger partial charge < -0.3 is 4.90 Å². The maximum atomic E-state index is 12.8. The number of rotatable bonds is 3. The third-order valence-corrected chi connectivity index (χ3v) is 6.57. The van der Waals surface area contributed by atoms with Gasteiger partial charge in [0.1, 0.15) is 0 Å². The number of thiazole rings is 1. The first-order valence-electron chi connectivity index (χ1n) is 7.90.